The maximum absolute atomic E-state index is 9.69. The van der Waals surface area contributed by atoms with Crippen LogP contribution < -0.4 is 0 Å². The van der Waals surface area contributed by atoms with Crippen molar-refractivity contribution in [2.24, 2.45) is 4.99 Å². The van der Waals surface area contributed by atoms with Gasteiger partial charge in [-0.1, -0.05) is 0 Å². The molecule has 1 rings (SSSR count). The van der Waals surface area contributed by atoms with Gasteiger partial charge in [-0.15, -0.1) is 0 Å². The molecule has 0 radical (unpaired) electrons. The zero-order valence-electron chi connectivity index (χ0n) is 5.49. The summed E-state index contributed by atoms with van der Waals surface area (Å²) in [5.74, 6) is 0.511. The maximum atomic E-state index is 9.69. The zero-order valence-corrected chi connectivity index (χ0v) is 7.08. The standard InChI is InChI=1S/C6H4BrN3O/c7-5-1-9-6(10-2-5)3-8-4-11/h1-2H,3H2. The van der Waals surface area contributed by atoms with Crippen LogP contribution in [0.5, 0.6) is 0 Å². The molecule has 0 fully saturated rings. The Hall–Kier alpha value is -1.06. The average Bonchev–Trinajstić information content (AvgIpc) is 2.04. The third kappa shape index (κ3) is 2.57. The lowest BCUT2D eigenvalue weighted by Crippen LogP contribution is -1.90. The number of rotatable bonds is 2. The first-order valence-corrected chi connectivity index (χ1v) is 3.62. The van der Waals surface area contributed by atoms with Crippen LogP contribution in [0.4, 0.5) is 0 Å². The first kappa shape index (κ1) is 8.04. The van der Waals surface area contributed by atoms with E-state index in [1.807, 2.05) is 0 Å². The lowest BCUT2D eigenvalue weighted by atomic mass is 10.5. The Bertz CT molecular complexity index is 278. The van der Waals surface area contributed by atoms with E-state index >= 15 is 0 Å². The Morgan fingerprint density at radius 3 is 2.73 bits per heavy atom. The number of nitrogens with zero attached hydrogens (tertiary/aromatic N) is 3. The molecule has 0 aliphatic carbocycles. The molecule has 0 unspecified atom stereocenters. The molecule has 0 bridgehead atoms. The summed E-state index contributed by atoms with van der Waals surface area (Å²) in [5.41, 5.74) is 0. The highest BCUT2D eigenvalue weighted by Gasteiger charge is 1.92. The van der Waals surface area contributed by atoms with Crippen LogP contribution >= 0.6 is 15.9 Å². The summed E-state index contributed by atoms with van der Waals surface area (Å²) in [6.45, 7) is 0.191. The van der Waals surface area contributed by atoms with Crippen LogP contribution in [0.1, 0.15) is 5.82 Å². The van der Waals surface area contributed by atoms with Crippen LogP contribution in [-0.2, 0) is 11.3 Å². The molecule has 1 heterocycles. The summed E-state index contributed by atoms with van der Waals surface area (Å²) in [6.07, 6.45) is 4.61. The summed E-state index contributed by atoms with van der Waals surface area (Å²) in [5, 5.41) is 0. The second-order valence-corrected chi connectivity index (χ2v) is 2.64. The highest BCUT2D eigenvalue weighted by molar-refractivity contribution is 9.10. The summed E-state index contributed by atoms with van der Waals surface area (Å²) in [4.78, 5) is 20.8. The molecule has 0 atom stereocenters. The normalized spacial score (nSPS) is 8.82. The van der Waals surface area contributed by atoms with Crippen molar-refractivity contribution < 1.29 is 4.79 Å². The van der Waals surface area contributed by atoms with Crippen LogP contribution in [0.2, 0.25) is 0 Å². The predicted molar refractivity (Wildman–Crippen MR) is 41.6 cm³/mol. The Labute approximate surface area is 71.5 Å². The lowest BCUT2D eigenvalue weighted by molar-refractivity contribution is 0.562. The largest absolute Gasteiger partial charge is 0.238 e. The van der Waals surface area contributed by atoms with Crippen molar-refractivity contribution >= 4 is 22.0 Å². The first-order valence-electron chi connectivity index (χ1n) is 2.83. The lowest BCUT2D eigenvalue weighted by Gasteiger charge is -1.91. The van der Waals surface area contributed by atoms with Gasteiger partial charge in [0.25, 0.3) is 0 Å². The fourth-order valence-electron chi connectivity index (χ4n) is 0.524. The van der Waals surface area contributed by atoms with Crippen molar-refractivity contribution in [2.75, 3.05) is 0 Å². The number of aromatic nitrogens is 2. The molecule has 0 N–H and O–H groups in total. The molecule has 4 nitrogen and oxygen atoms in total. The third-order valence-electron chi connectivity index (χ3n) is 0.959. The number of halogens is 1. The van der Waals surface area contributed by atoms with Gasteiger partial charge in [-0.2, -0.15) is 4.99 Å². The van der Waals surface area contributed by atoms with Crippen molar-refractivity contribution in [3.63, 3.8) is 0 Å². The zero-order chi connectivity index (χ0) is 8.10. The quantitative estimate of drug-likeness (QED) is 0.546. The van der Waals surface area contributed by atoms with E-state index in [9.17, 15) is 4.79 Å². The van der Waals surface area contributed by atoms with E-state index in [0.717, 1.165) is 4.47 Å². The maximum Gasteiger partial charge on any atom is 0.235 e. The van der Waals surface area contributed by atoms with Crippen molar-refractivity contribution in [1.82, 2.24) is 9.97 Å². The molecule has 5 heteroatoms. The van der Waals surface area contributed by atoms with Gasteiger partial charge in [0.05, 0.1) is 4.47 Å². The van der Waals surface area contributed by atoms with Crippen LogP contribution in [0.3, 0.4) is 0 Å². The molecule has 0 spiro atoms. The van der Waals surface area contributed by atoms with Gasteiger partial charge in [0.2, 0.25) is 6.08 Å². The Balaban J connectivity index is 2.73. The fourth-order valence-corrected chi connectivity index (χ4v) is 0.728. The van der Waals surface area contributed by atoms with Crippen LogP contribution in [0.15, 0.2) is 21.9 Å². The number of carbonyl (C=O) groups excluding carboxylic acids is 1. The van der Waals surface area contributed by atoms with Crippen molar-refractivity contribution in [2.45, 2.75) is 6.54 Å². The molecule has 1 aromatic rings. The highest BCUT2D eigenvalue weighted by Crippen LogP contribution is 2.04. The molecule has 0 aromatic carbocycles. The topological polar surface area (TPSA) is 55.2 Å². The number of isocyanates is 1. The van der Waals surface area contributed by atoms with Gasteiger partial charge in [-0.25, -0.2) is 14.8 Å². The van der Waals surface area contributed by atoms with E-state index in [2.05, 4.69) is 30.9 Å². The van der Waals surface area contributed by atoms with E-state index < -0.39 is 0 Å². The van der Waals surface area contributed by atoms with Gasteiger partial charge in [-0.3, -0.25) is 0 Å². The second-order valence-electron chi connectivity index (χ2n) is 1.73. The smallest absolute Gasteiger partial charge is 0.235 e. The van der Waals surface area contributed by atoms with Gasteiger partial charge in [0.15, 0.2) is 5.82 Å². The Kier molecular flexibility index (Phi) is 2.89. The number of hydrogen-bond acceptors (Lipinski definition) is 4. The van der Waals surface area contributed by atoms with Crippen LogP contribution in [0, 0.1) is 0 Å². The van der Waals surface area contributed by atoms with E-state index in [0.29, 0.717) is 5.82 Å². The number of hydrogen-bond donors (Lipinski definition) is 0. The molecule has 0 amide bonds. The van der Waals surface area contributed by atoms with Crippen LogP contribution in [0.25, 0.3) is 0 Å². The van der Waals surface area contributed by atoms with E-state index in [-0.39, 0.29) is 6.54 Å². The Morgan fingerprint density at radius 1 is 1.55 bits per heavy atom. The minimum absolute atomic E-state index is 0.191. The molecule has 56 valence electrons. The van der Waals surface area contributed by atoms with E-state index in [1.165, 1.54) is 6.08 Å². The minimum Gasteiger partial charge on any atom is -0.238 e. The minimum atomic E-state index is 0.191. The fraction of sp³-hybridized carbons (Fsp3) is 0.167. The molecule has 0 saturated carbocycles. The molecular weight excluding hydrogens is 210 g/mol. The molecule has 0 saturated heterocycles. The van der Waals surface area contributed by atoms with E-state index in [1.54, 1.807) is 12.4 Å². The summed E-state index contributed by atoms with van der Waals surface area (Å²) in [6, 6.07) is 0. The summed E-state index contributed by atoms with van der Waals surface area (Å²) in [7, 11) is 0. The van der Waals surface area contributed by atoms with Gasteiger partial charge in [0.1, 0.15) is 6.54 Å². The van der Waals surface area contributed by atoms with Gasteiger partial charge in [0, 0.05) is 12.4 Å². The molecule has 0 aliphatic heterocycles. The van der Waals surface area contributed by atoms with Crippen LogP contribution in [-0.4, -0.2) is 16.0 Å². The van der Waals surface area contributed by atoms with E-state index in [4.69, 9.17) is 0 Å². The van der Waals surface area contributed by atoms with Crippen molar-refractivity contribution in [1.29, 1.82) is 0 Å². The monoisotopic (exact) mass is 213 g/mol. The highest BCUT2D eigenvalue weighted by atomic mass is 79.9. The molecular formula is C6H4BrN3O. The molecule has 1 aromatic heterocycles. The predicted octanol–water partition coefficient (Wildman–Crippen LogP) is 1.07. The third-order valence-corrected chi connectivity index (χ3v) is 1.37. The SMILES string of the molecule is O=C=NCc1ncc(Br)cn1. The summed E-state index contributed by atoms with van der Waals surface area (Å²) >= 11 is 3.18. The second kappa shape index (κ2) is 3.95. The average molecular weight is 214 g/mol. The molecule has 11 heavy (non-hydrogen) atoms. The van der Waals surface area contributed by atoms with Crippen molar-refractivity contribution in [3.8, 4) is 0 Å². The first-order chi connectivity index (χ1) is 5.33. The summed E-state index contributed by atoms with van der Waals surface area (Å²) < 4.78 is 0.802. The molecule has 0 aliphatic rings. The van der Waals surface area contributed by atoms with Gasteiger partial charge in [-0.05, 0) is 15.9 Å². The number of aliphatic imine (C=N–C) groups is 1. The Morgan fingerprint density at radius 2 is 2.18 bits per heavy atom. The van der Waals surface area contributed by atoms with Crippen molar-refractivity contribution in [3.05, 3.63) is 22.7 Å². The van der Waals surface area contributed by atoms with Gasteiger partial charge < -0.3 is 0 Å². The van der Waals surface area contributed by atoms with Gasteiger partial charge >= 0.3 is 0 Å².